The minimum absolute atomic E-state index is 0.117. The summed E-state index contributed by atoms with van der Waals surface area (Å²) in [6.07, 6.45) is -1.18. The Morgan fingerprint density at radius 2 is 1.85 bits per heavy atom. The molecule has 0 fully saturated rings. The van der Waals surface area contributed by atoms with E-state index < -0.39 is 20.8 Å². The molecule has 9 heteroatoms. The topological polar surface area (TPSA) is 125 Å². The van der Waals surface area contributed by atoms with E-state index in [4.69, 9.17) is 25.1 Å². The van der Waals surface area contributed by atoms with Crippen molar-refractivity contribution in [2.24, 2.45) is 5.73 Å². The number of carbonyl (C=O) groups is 1. The fourth-order valence-electron chi connectivity index (χ4n) is 2.32. The monoisotopic (exact) mass is 391 g/mol. The summed E-state index contributed by atoms with van der Waals surface area (Å²) in [5, 5.41) is 8.80. The quantitative estimate of drug-likeness (QED) is 0.737. The molecule has 0 radical (unpaired) electrons. The van der Waals surface area contributed by atoms with Crippen molar-refractivity contribution in [1.29, 1.82) is 0 Å². The highest BCUT2D eigenvalue weighted by Crippen LogP contribution is 2.43. The molecule has 0 bridgehead atoms. The molecule has 0 saturated heterocycles. The first-order chi connectivity index (χ1) is 12.8. The maximum absolute atomic E-state index is 13.2. The van der Waals surface area contributed by atoms with Gasteiger partial charge in [0.05, 0.1) is 19.1 Å². The number of sulfone groups is 1. The summed E-state index contributed by atoms with van der Waals surface area (Å²) in [5.41, 5.74) is 5.43. The average Bonchev–Trinajstić information content (AvgIpc) is 2.65. The van der Waals surface area contributed by atoms with Crippen LogP contribution in [-0.2, 0) is 9.84 Å². The van der Waals surface area contributed by atoms with Crippen LogP contribution in [0.1, 0.15) is 5.56 Å². The van der Waals surface area contributed by atoms with Crippen LogP contribution < -0.4 is 19.9 Å². The van der Waals surface area contributed by atoms with Crippen molar-refractivity contribution in [3.8, 4) is 29.1 Å². The van der Waals surface area contributed by atoms with Gasteiger partial charge in [0, 0.05) is 5.56 Å². The van der Waals surface area contributed by atoms with Gasteiger partial charge < -0.3 is 25.1 Å². The Hall–Kier alpha value is -3.22. The van der Waals surface area contributed by atoms with Crippen molar-refractivity contribution >= 4 is 15.9 Å². The first-order valence-electron chi connectivity index (χ1n) is 7.52. The SMILES string of the molecule is COc1ccc(OC(N)=O)c(S(=O)(=O)c2cccc(C#CCO)c2)c1OC. The van der Waals surface area contributed by atoms with E-state index in [0.29, 0.717) is 5.56 Å². The van der Waals surface area contributed by atoms with Crippen LogP contribution in [0.5, 0.6) is 17.2 Å². The molecule has 0 aliphatic carbocycles. The molecule has 3 N–H and O–H groups in total. The Labute approximate surface area is 156 Å². The third kappa shape index (κ3) is 4.31. The van der Waals surface area contributed by atoms with E-state index in [-0.39, 0.29) is 28.8 Å². The molecule has 27 heavy (non-hydrogen) atoms. The van der Waals surface area contributed by atoms with Crippen LogP contribution in [-0.4, -0.2) is 40.4 Å². The highest BCUT2D eigenvalue weighted by molar-refractivity contribution is 7.91. The standard InChI is InChI=1S/C18H17NO7S/c1-24-14-8-9-15(26-18(19)21)17(16(14)25-2)27(22,23)13-7-3-5-12(11-13)6-4-10-20/h3,5,7-9,11,20H,10H2,1-2H3,(H2,19,21). The van der Waals surface area contributed by atoms with E-state index in [9.17, 15) is 13.2 Å². The molecular formula is C18H17NO7S. The second kappa shape index (κ2) is 8.44. The molecule has 0 heterocycles. The third-order valence-electron chi connectivity index (χ3n) is 3.40. The van der Waals surface area contributed by atoms with E-state index >= 15 is 0 Å². The Bertz CT molecular complexity index is 1020. The Morgan fingerprint density at radius 1 is 1.15 bits per heavy atom. The van der Waals surface area contributed by atoms with E-state index in [2.05, 4.69) is 11.8 Å². The van der Waals surface area contributed by atoms with Crippen molar-refractivity contribution in [3.63, 3.8) is 0 Å². The molecule has 2 rings (SSSR count). The van der Waals surface area contributed by atoms with E-state index in [1.807, 2.05) is 0 Å². The van der Waals surface area contributed by atoms with Gasteiger partial charge in [-0.1, -0.05) is 17.9 Å². The van der Waals surface area contributed by atoms with Gasteiger partial charge in [-0.15, -0.1) is 0 Å². The maximum Gasteiger partial charge on any atom is 0.410 e. The first-order valence-corrected chi connectivity index (χ1v) is 9.00. The van der Waals surface area contributed by atoms with E-state index in [1.165, 1.54) is 44.6 Å². The number of carbonyl (C=O) groups excluding carboxylic acids is 1. The van der Waals surface area contributed by atoms with Gasteiger partial charge in [0.15, 0.2) is 22.1 Å². The number of methoxy groups -OCH3 is 2. The number of aliphatic hydroxyl groups is 1. The molecule has 2 aromatic carbocycles. The first kappa shape index (κ1) is 20.1. The van der Waals surface area contributed by atoms with Crippen LogP contribution in [0, 0.1) is 11.8 Å². The van der Waals surface area contributed by atoms with Gasteiger partial charge in [-0.25, -0.2) is 13.2 Å². The lowest BCUT2D eigenvalue weighted by Gasteiger charge is -2.16. The lowest BCUT2D eigenvalue weighted by Crippen LogP contribution is -2.18. The van der Waals surface area contributed by atoms with Crippen molar-refractivity contribution in [2.75, 3.05) is 20.8 Å². The normalized spacial score (nSPS) is 10.5. The predicted octanol–water partition coefficient (Wildman–Crippen LogP) is 1.34. The summed E-state index contributed by atoms with van der Waals surface area (Å²) in [6, 6.07) is 8.39. The fraction of sp³-hybridized carbons (Fsp3) is 0.167. The molecule has 0 spiro atoms. The van der Waals surface area contributed by atoms with Crippen molar-refractivity contribution in [1.82, 2.24) is 0 Å². The zero-order chi connectivity index (χ0) is 20.0. The molecule has 0 saturated carbocycles. The minimum Gasteiger partial charge on any atom is -0.493 e. The molecule has 0 unspecified atom stereocenters. The number of ether oxygens (including phenoxy) is 3. The van der Waals surface area contributed by atoms with Crippen molar-refractivity contribution < 1.29 is 32.5 Å². The molecule has 1 amide bonds. The van der Waals surface area contributed by atoms with Gasteiger partial charge in [-0.05, 0) is 30.3 Å². The van der Waals surface area contributed by atoms with Crippen LogP contribution in [0.4, 0.5) is 4.79 Å². The molecule has 142 valence electrons. The van der Waals surface area contributed by atoms with E-state index in [0.717, 1.165) is 0 Å². The largest absolute Gasteiger partial charge is 0.493 e. The van der Waals surface area contributed by atoms with Crippen molar-refractivity contribution in [3.05, 3.63) is 42.0 Å². The molecule has 2 aromatic rings. The number of amides is 1. The number of aliphatic hydroxyl groups excluding tert-OH is 1. The highest BCUT2D eigenvalue weighted by atomic mass is 32.2. The molecule has 8 nitrogen and oxygen atoms in total. The molecule has 0 atom stereocenters. The zero-order valence-corrected chi connectivity index (χ0v) is 15.4. The van der Waals surface area contributed by atoms with Gasteiger partial charge in [0.2, 0.25) is 9.84 Å². The molecule has 0 aliphatic heterocycles. The summed E-state index contributed by atoms with van der Waals surface area (Å²) in [4.78, 5) is 10.7. The number of rotatable bonds is 5. The molecular weight excluding hydrogens is 374 g/mol. The third-order valence-corrected chi connectivity index (χ3v) is 5.20. The second-order valence-electron chi connectivity index (χ2n) is 5.04. The summed E-state index contributed by atoms with van der Waals surface area (Å²) >= 11 is 0. The molecule has 0 aromatic heterocycles. The van der Waals surface area contributed by atoms with E-state index in [1.54, 1.807) is 6.07 Å². The number of primary amides is 1. The van der Waals surface area contributed by atoms with Crippen LogP contribution in [0.2, 0.25) is 0 Å². The lowest BCUT2D eigenvalue weighted by atomic mass is 10.2. The lowest BCUT2D eigenvalue weighted by molar-refractivity contribution is 0.209. The van der Waals surface area contributed by atoms with Gasteiger partial charge in [-0.2, -0.15) is 0 Å². The number of hydrogen-bond donors (Lipinski definition) is 2. The van der Waals surface area contributed by atoms with Gasteiger partial charge in [0.1, 0.15) is 6.61 Å². The number of nitrogens with two attached hydrogens (primary N) is 1. The summed E-state index contributed by atoms with van der Waals surface area (Å²) < 4.78 is 41.7. The number of benzene rings is 2. The minimum atomic E-state index is -4.21. The van der Waals surface area contributed by atoms with Crippen LogP contribution in [0.3, 0.4) is 0 Å². The Kier molecular flexibility index (Phi) is 6.28. The smallest absolute Gasteiger partial charge is 0.410 e. The Balaban J connectivity index is 2.75. The second-order valence-corrected chi connectivity index (χ2v) is 6.93. The van der Waals surface area contributed by atoms with Crippen LogP contribution in [0.25, 0.3) is 0 Å². The zero-order valence-electron chi connectivity index (χ0n) is 14.6. The molecule has 0 aliphatic rings. The maximum atomic E-state index is 13.2. The Morgan fingerprint density at radius 3 is 2.44 bits per heavy atom. The van der Waals surface area contributed by atoms with Crippen molar-refractivity contribution in [2.45, 2.75) is 9.79 Å². The average molecular weight is 391 g/mol. The van der Waals surface area contributed by atoms with Gasteiger partial charge >= 0.3 is 6.09 Å². The van der Waals surface area contributed by atoms with Gasteiger partial charge in [-0.3, -0.25) is 0 Å². The fourth-order valence-corrected chi connectivity index (χ4v) is 3.90. The van der Waals surface area contributed by atoms with Gasteiger partial charge in [0.25, 0.3) is 0 Å². The van der Waals surface area contributed by atoms with Crippen LogP contribution in [0.15, 0.2) is 46.2 Å². The summed E-state index contributed by atoms with van der Waals surface area (Å²) in [6.45, 7) is -0.364. The predicted molar refractivity (Wildman–Crippen MR) is 95.6 cm³/mol. The van der Waals surface area contributed by atoms with Crippen LogP contribution >= 0.6 is 0 Å². The number of hydrogen-bond acceptors (Lipinski definition) is 7. The highest BCUT2D eigenvalue weighted by Gasteiger charge is 2.30. The summed E-state index contributed by atoms with van der Waals surface area (Å²) in [5.74, 6) is 4.77. The summed E-state index contributed by atoms with van der Waals surface area (Å²) in [7, 11) is -1.61.